The van der Waals surface area contributed by atoms with Crippen molar-refractivity contribution in [3.05, 3.63) is 29.3 Å². The van der Waals surface area contributed by atoms with E-state index < -0.39 is 0 Å². The Kier molecular flexibility index (Phi) is 2.85. The van der Waals surface area contributed by atoms with Gasteiger partial charge in [0.1, 0.15) is 11.5 Å². The molecule has 0 aliphatic carbocycles. The van der Waals surface area contributed by atoms with Gasteiger partial charge in [-0.1, -0.05) is 12.1 Å². The Balaban J connectivity index is 1.59. The van der Waals surface area contributed by atoms with Crippen molar-refractivity contribution in [2.24, 2.45) is 5.92 Å². The van der Waals surface area contributed by atoms with Crippen molar-refractivity contribution in [3.8, 4) is 5.75 Å². The SMILES string of the molecule is O=C(CCc1ccc2c(c1)CCO2)C1CNC1. The van der Waals surface area contributed by atoms with Crippen LogP contribution in [-0.4, -0.2) is 25.5 Å². The molecule has 2 aliphatic rings. The molecule has 3 heteroatoms. The van der Waals surface area contributed by atoms with Gasteiger partial charge in [0.05, 0.1) is 6.61 Å². The van der Waals surface area contributed by atoms with Gasteiger partial charge in [-0.25, -0.2) is 0 Å². The molecule has 0 atom stereocenters. The lowest BCUT2D eigenvalue weighted by Crippen LogP contribution is -2.46. The third-order valence-corrected chi connectivity index (χ3v) is 3.65. The Labute approximate surface area is 101 Å². The fraction of sp³-hybridized carbons (Fsp3) is 0.500. The Morgan fingerprint density at radius 2 is 2.29 bits per heavy atom. The van der Waals surface area contributed by atoms with Crippen LogP contribution in [0.4, 0.5) is 0 Å². The molecule has 1 aromatic carbocycles. The molecule has 90 valence electrons. The summed E-state index contributed by atoms with van der Waals surface area (Å²) in [5, 5.41) is 3.14. The molecule has 1 fully saturated rings. The number of fused-ring (bicyclic) bond motifs is 1. The number of rotatable bonds is 4. The normalized spacial score (nSPS) is 18.4. The summed E-state index contributed by atoms with van der Waals surface area (Å²) in [5.74, 6) is 1.69. The highest BCUT2D eigenvalue weighted by atomic mass is 16.5. The number of carbonyl (C=O) groups excluding carboxylic acids is 1. The first-order valence-electron chi connectivity index (χ1n) is 6.31. The highest BCUT2D eigenvalue weighted by Gasteiger charge is 2.24. The number of carbonyl (C=O) groups is 1. The van der Waals surface area contributed by atoms with Crippen LogP contribution in [0.3, 0.4) is 0 Å². The van der Waals surface area contributed by atoms with Crippen LogP contribution in [0.1, 0.15) is 17.5 Å². The number of hydrogen-bond donors (Lipinski definition) is 1. The van der Waals surface area contributed by atoms with Gasteiger partial charge in [-0.05, 0) is 23.6 Å². The standard InChI is InChI=1S/C14H17NO2/c16-13(12-8-15-9-12)3-1-10-2-4-14-11(7-10)5-6-17-14/h2,4,7,12,15H,1,3,5-6,8-9H2. The highest BCUT2D eigenvalue weighted by molar-refractivity contribution is 5.82. The minimum atomic E-state index is 0.271. The molecule has 0 radical (unpaired) electrons. The number of ketones is 1. The zero-order chi connectivity index (χ0) is 11.7. The molecule has 0 bridgehead atoms. The molecule has 2 aliphatic heterocycles. The first-order chi connectivity index (χ1) is 8.33. The molecule has 1 saturated heterocycles. The first kappa shape index (κ1) is 10.8. The third kappa shape index (κ3) is 2.20. The molecule has 2 heterocycles. The molecular weight excluding hydrogens is 214 g/mol. The number of hydrogen-bond acceptors (Lipinski definition) is 3. The van der Waals surface area contributed by atoms with Crippen molar-refractivity contribution >= 4 is 5.78 Å². The minimum Gasteiger partial charge on any atom is -0.493 e. The number of ether oxygens (including phenoxy) is 1. The molecule has 0 saturated carbocycles. The number of benzene rings is 1. The van der Waals surface area contributed by atoms with Crippen LogP contribution in [0.25, 0.3) is 0 Å². The zero-order valence-electron chi connectivity index (χ0n) is 9.87. The van der Waals surface area contributed by atoms with E-state index >= 15 is 0 Å². The molecule has 0 spiro atoms. The van der Waals surface area contributed by atoms with Gasteiger partial charge in [-0.3, -0.25) is 4.79 Å². The van der Waals surface area contributed by atoms with Crippen LogP contribution in [0.2, 0.25) is 0 Å². The molecule has 0 aromatic heterocycles. The average Bonchev–Trinajstić information content (AvgIpc) is 2.71. The van der Waals surface area contributed by atoms with Crippen LogP contribution in [0, 0.1) is 5.92 Å². The van der Waals surface area contributed by atoms with Crippen LogP contribution in [0.5, 0.6) is 5.75 Å². The summed E-state index contributed by atoms with van der Waals surface area (Å²) in [5.41, 5.74) is 2.55. The van der Waals surface area contributed by atoms with Gasteiger partial charge in [0, 0.05) is 31.8 Å². The molecule has 3 nitrogen and oxygen atoms in total. The van der Waals surface area contributed by atoms with Crippen molar-refractivity contribution in [2.75, 3.05) is 19.7 Å². The first-order valence-corrected chi connectivity index (χ1v) is 6.31. The second-order valence-electron chi connectivity index (χ2n) is 4.86. The van der Waals surface area contributed by atoms with E-state index in [4.69, 9.17) is 4.74 Å². The van der Waals surface area contributed by atoms with E-state index in [9.17, 15) is 4.79 Å². The minimum absolute atomic E-state index is 0.271. The van der Waals surface area contributed by atoms with E-state index in [1.54, 1.807) is 0 Å². The van der Waals surface area contributed by atoms with Crippen LogP contribution >= 0.6 is 0 Å². The van der Waals surface area contributed by atoms with E-state index in [1.807, 2.05) is 6.07 Å². The molecule has 3 rings (SSSR count). The van der Waals surface area contributed by atoms with Crippen LogP contribution < -0.4 is 10.1 Å². The number of nitrogens with one attached hydrogen (secondary N) is 1. The summed E-state index contributed by atoms with van der Waals surface area (Å²) in [6.07, 6.45) is 2.54. The maximum absolute atomic E-state index is 11.8. The summed E-state index contributed by atoms with van der Waals surface area (Å²) in [6.45, 7) is 2.54. The Hall–Kier alpha value is -1.35. The van der Waals surface area contributed by atoms with Crippen molar-refractivity contribution in [3.63, 3.8) is 0 Å². The molecule has 17 heavy (non-hydrogen) atoms. The summed E-state index contributed by atoms with van der Waals surface area (Å²) < 4.78 is 5.47. The van der Waals surface area contributed by atoms with Crippen LogP contribution in [0.15, 0.2) is 18.2 Å². The molecule has 1 N–H and O–H groups in total. The van der Waals surface area contributed by atoms with E-state index in [0.29, 0.717) is 12.2 Å². The Morgan fingerprint density at radius 1 is 1.41 bits per heavy atom. The Bertz CT molecular complexity index is 438. The molecule has 0 amide bonds. The van der Waals surface area contributed by atoms with E-state index in [2.05, 4.69) is 17.4 Å². The largest absolute Gasteiger partial charge is 0.493 e. The summed E-state index contributed by atoms with van der Waals surface area (Å²) in [6, 6.07) is 6.30. The smallest absolute Gasteiger partial charge is 0.138 e. The van der Waals surface area contributed by atoms with Crippen molar-refractivity contribution in [2.45, 2.75) is 19.3 Å². The van der Waals surface area contributed by atoms with Crippen molar-refractivity contribution < 1.29 is 9.53 Å². The van der Waals surface area contributed by atoms with Gasteiger partial charge in [0.2, 0.25) is 0 Å². The van der Waals surface area contributed by atoms with Gasteiger partial charge in [-0.15, -0.1) is 0 Å². The lowest BCUT2D eigenvalue weighted by atomic mass is 9.93. The van der Waals surface area contributed by atoms with Crippen molar-refractivity contribution in [1.29, 1.82) is 0 Å². The zero-order valence-corrected chi connectivity index (χ0v) is 9.87. The summed E-state index contributed by atoms with van der Waals surface area (Å²) in [4.78, 5) is 11.8. The fourth-order valence-electron chi connectivity index (χ4n) is 2.38. The van der Waals surface area contributed by atoms with E-state index in [1.165, 1.54) is 11.1 Å². The average molecular weight is 231 g/mol. The summed E-state index contributed by atoms with van der Waals surface area (Å²) >= 11 is 0. The molecule has 0 unspecified atom stereocenters. The molecule has 1 aromatic rings. The maximum Gasteiger partial charge on any atom is 0.138 e. The number of Topliss-reactive ketones (excluding diaryl/α,β-unsaturated/α-hetero) is 1. The third-order valence-electron chi connectivity index (χ3n) is 3.65. The van der Waals surface area contributed by atoms with Gasteiger partial charge in [0.25, 0.3) is 0 Å². The monoisotopic (exact) mass is 231 g/mol. The number of aryl methyl sites for hydroxylation is 1. The lowest BCUT2D eigenvalue weighted by Gasteiger charge is -2.25. The van der Waals surface area contributed by atoms with E-state index in [0.717, 1.165) is 38.3 Å². The van der Waals surface area contributed by atoms with Gasteiger partial charge in [0.15, 0.2) is 0 Å². The lowest BCUT2D eigenvalue weighted by molar-refractivity contribution is -0.124. The quantitative estimate of drug-likeness (QED) is 0.850. The maximum atomic E-state index is 11.8. The Morgan fingerprint density at radius 3 is 3.06 bits per heavy atom. The summed E-state index contributed by atoms with van der Waals surface area (Å²) in [7, 11) is 0. The second-order valence-corrected chi connectivity index (χ2v) is 4.86. The molecular formula is C14H17NO2. The second kappa shape index (κ2) is 4.49. The predicted octanol–water partition coefficient (Wildman–Crippen LogP) is 1.34. The van der Waals surface area contributed by atoms with Gasteiger partial charge >= 0.3 is 0 Å². The van der Waals surface area contributed by atoms with Gasteiger partial charge in [-0.2, -0.15) is 0 Å². The predicted molar refractivity (Wildman–Crippen MR) is 65.3 cm³/mol. The fourth-order valence-corrected chi connectivity index (χ4v) is 2.38. The van der Waals surface area contributed by atoms with E-state index in [-0.39, 0.29) is 5.92 Å². The topological polar surface area (TPSA) is 38.3 Å². The highest BCUT2D eigenvalue weighted by Crippen LogP contribution is 2.26. The van der Waals surface area contributed by atoms with Crippen molar-refractivity contribution in [1.82, 2.24) is 5.32 Å². The van der Waals surface area contributed by atoms with Gasteiger partial charge < -0.3 is 10.1 Å². The van der Waals surface area contributed by atoms with Crippen LogP contribution in [-0.2, 0) is 17.6 Å².